The van der Waals surface area contributed by atoms with Crippen LogP contribution in [0.4, 0.5) is 4.79 Å². The molecule has 0 saturated carbocycles. The summed E-state index contributed by atoms with van der Waals surface area (Å²) in [4.78, 5) is 11.8. The summed E-state index contributed by atoms with van der Waals surface area (Å²) in [7, 11) is 0. The zero-order valence-corrected chi connectivity index (χ0v) is 16.3. The van der Waals surface area contributed by atoms with E-state index in [2.05, 4.69) is 43.5 Å². The van der Waals surface area contributed by atoms with E-state index < -0.39 is 0 Å². The Balaban J connectivity index is 1.61. The molecule has 2 N–H and O–H groups in total. The molecule has 2 amide bonds. The number of hydrogen-bond acceptors (Lipinski definition) is 2. The van der Waals surface area contributed by atoms with E-state index in [-0.39, 0.29) is 11.4 Å². The van der Waals surface area contributed by atoms with Gasteiger partial charge in [-0.2, -0.15) is 0 Å². The van der Waals surface area contributed by atoms with Crippen molar-refractivity contribution in [2.75, 3.05) is 13.2 Å². The van der Waals surface area contributed by atoms with Crippen molar-refractivity contribution in [3.63, 3.8) is 0 Å². The Morgan fingerprint density at radius 1 is 1.00 bits per heavy atom. The number of urea groups is 1. The highest BCUT2D eigenvalue weighted by atomic mass is 16.5. The molecule has 2 aromatic carbocycles. The molecule has 26 heavy (non-hydrogen) atoms. The van der Waals surface area contributed by atoms with Crippen molar-refractivity contribution in [1.82, 2.24) is 10.6 Å². The van der Waals surface area contributed by atoms with E-state index in [1.807, 2.05) is 43.3 Å². The summed E-state index contributed by atoms with van der Waals surface area (Å²) in [5.41, 5.74) is 3.74. The van der Waals surface area contributed by atoms with E-state index in [9.17, 15) is 4.79 Å². The van der Waals surface area contributed by atoms with Gasteiger partial charge in [0.25, 0.3) is 0 Å². The van der Waals surface area contributed by atoms with Gasteiger partial charge in [0.1, 0.15) is 5.75 Å². The van der Waals surface area contributed by atoms with Crippen molar-refractivity contribution < 1.29 is 9.53 Å². The Hall–Kier alpha value is -2.49. The third-order valence-corrected chi connectivity index (χ3v) is 4.30. The van der Waals surface area contributed by atoms with Gasteiger partial charge >= 0.3 is 6.03 Å². The molecule has 0 atom stereocenters. The molecule has 0 spiro atoms. The highest BCUT2D eigenvalue weighted by Gasteiger charge is 2.12. The van der Waals surface area contributed by atoms with Crippen molar-refractivity contribution in [1.29, 1.82) is 0 Å². The molecule has 4 heteroatoms. The van der Waals surface area contributed by atoms with Crippen LogP contribution in [0, 0.1) is 6.92 Å². The predicted octanol–water partition coefficient (Wildman–Crippen LogP) is 4.56. The highest BCUT2D eigenvalue weighted by molar-refractivity contribution is 5.73. The molecule has 4 nitrogen and oxygen atoms in total. The van der Waals surface area contributed by atoms with Crippen LogP contribution in [0.25, 0.3) is 0 Å². The first kappa shape index (κ1) is 19.8. The zero-order valence-electron chi connectivity index (χ0n) is 16.3. The molecule has 0 aromatic heterocycles. The van der Waals surface area contributed by atoms with E-state index in [0.717, 1.165) is 17.7 Å². The quantitative estimate of drug-likeness (QED) is 0.716. The van der Waals surface area contributed by atoms with E-state index in [4.69, 9.17) is 4.74 Å². The Morgan fingerprint density at radius 2 is 1.69 bits per heavy atom. The summed E-state index contributed by atoms with van der Waals surface area (Å²) in [6.07, 6.45) is 0.763. The van der Waals surface area contributed by atoms with Crippen LogP contribution in [0.5, 0.6) is 5.75 Å². The number of benzene rings is 2. The van der Waals surface area contributed by atoms with Gasteiger partial charge in [-0.25, -0.2) is 4.79 Å². The molecule has 0 unspecified atom stereocenters. The SMILES string of the molecule is Cc1ccccc1CNC(=O)NCCCOc1ccc(C(C)(C)C)cc1. The third kappa shape index (κ3) is 6.43. The minimum Gasteiger partial charge on any atom is -0.494 e. The number of carbonyl (C=O) groups excluding carboxylic acids is 1. The van der Waals surface area contributed by atoms with Crippen LogP contribution in [-0.2, 0) is 12.0 Å². The average molecular weight is 354 g/mol. The summed E-state index contributed by atoms with van der Waals surface area (Å²) in [6.45, 7) is 10.3. The lowest BCUT2D eigenvalue weighted by molar-refractivity contribution is 0.238. The van der Waals surface area contributed by atoms with Gasteiger partial charge < -0.3 is 15.4 Å². The maximum atomic E-state index is 11.8. The number of nitrogens with one attached hydrogen (secondary N) is 2. The Bertz CT molecular complexity index is 703. The molecule has 0 saturated heterocycles. The highest BCUT2D eigenvalue weighted by Crippen LogP contribution is 2.24. The van der Waals surface area contributed by atoms with Crippen molar-refractivity contribution in [2.45, 2.75) is 46.1 Å². The van der Waals surface area contributed by atoms with Crippen molar-refractivity contribution >= 4 is 6.03 Å². The van der Waals surface area contributed by atoms with E-state index in [1.165, 1.54) is 11.1 Å². The minimum absolute atomic E-state index is 0.147. The van der Waals surface area contributed by atoms with Crippen LogP contribution in [0.2, 0.25) is 0 Å². The first-order chi connectivity index (χ1) is 12.4. The predicted molar refractivity (Wildman–Crippen MR) is 107 cm³/mol. The van der Waals surface area contributed by atoms with Crippen molar-refractivity contribution in [3.05, 3.63) is 65.2 Å². The number of hydrogen-bond donors (Lipinski definition) is 2. The molecule has 0 aliphatic rings. The van der Waals surface area contributed by atoms with Crippen LogP contribution in [0.3, 0.4) is 0 Å². The van der Waals surface area contributed by atoms with Gasteiger partial charge in [0.2, 0.25) is 0 Å². The second-order valence-corrected chi connectivity index (χ2v) is 7.51. The van der Waals surface area contributed by atoms with Gasteiger partial charge in [-0.15, -0.1) is 0 Å². The van der Waals surface area contributed by atoms with E-state index in [0.29, 0.717) is 19.7 Å². The lowest BCUT2D eigenvalue weighted by Gasteiger charge is -2.19. The third-order valence-electron chi connectivity index (χ3n) is 4.30. The lowest BCUT2D eigenvalue weighted by atomic mass is 9.87. The molecule has 140 valence electrons. The van der Waals surface area contributed by atoms with Crippen LogP contribution < -0.4 is 15.4 Å². The zero-order chi connectivity index (χ0) is 19.0. The smallest absolute Gasteiger partial charge is 0.315 e. The number of ether oxygens (including phenoxy) is 1. The normalized spacial score (nSPS) is 11.1. The first-order valence-electron chi connectivity index (χ1n) is 9.16. The molecular weight excluding hydrogens is 324 g/mol. The largest absolute Gasteiger partial charge is 0.494 e. The summed E-state index contributed by atoms with van der Waals surface area (Å²) < 4.78 is 5.73. The van der Waals surface area contributed by atoms with Gasteiger partial charge in [0.05, 0.1) is 6.61 Å². The van der Waals surface area contributed by atoms with Crippen molar-refractivity contribution in [2.24, 2.45) is 0 Å². The molecule has 0 fully saturated rings. The van der Waals surface area contributed by atoms with Crippen LogP contribution in [0.1, 0.15) is 43.9 Å². The summed E-state index contributed by atoms with van der Waals surface area (Å²) in [5.74, 6) is 0.863. The number of rotatable bonds is 7. The second-order valence-electron chi connectivity index (χ2n) is 7.51. The van der Waals surface area contributed by atoms with E-state index in [1.54, 1.807) is 0 Å². The molecule has 2 rings (SSSR count). The summed E-state index contributed by atoms with van der Waals surface area (Å²) in [6, 6.07) is 16.1. The fourth-order valence-electron chi connectivity index (χ4n) is 2.56. The summed E-state index contributed by atoms with van der Waals surface area (Å²) in [5, 5.41) is 5.74. The van der Waals surface area contributed by atoms with Gasteiger partial charge in [0.15, 0.2) is 0 Å². The Morgan fingerprint density at radius 3 is 2.35 bits per heavy atom. The van der Waals surface area contributed by atoms with Gasteiger partial charge in [-0.3, -0.25) is 0 Å². The van der Waals surface area contributed by atoms with Crippen LogP contribution >= 0.6 is 0 Å². The molecule has 0 bridgehead atoms. The standard InChI is InChI=1S/C22H30N2O2/c1-17-8-5-6-9-18(17)16-24-21(25)23-14-7-15-26-20-12-10-19(11-13-20)22(2,3)4/h5-6,8-13H,7,14-16H2,1-4H3,(H2,23,24,25). The van der Waals surface area contributed by atoms with E-state index >= 15 is 0 Å². The average Bonchev–Trinajstić information content (AvgIpc) is 2.60. The topological polar surface area (TPSA) is 50.4 Å². The van der Waals surface area contributed by atoms with Crippen molar-refractivity contribution in [3.8, 4) is 5.75 Å². The molecule has 2 aromatic rings. The van der Waals surface area contributed by atoms with Crippen LogP contribution in [-0.4, -0.2) is 19.2 Å². The maximum absolute atomic E-state index is 11.8. The van der Waals surface area contributed by atoms with Gasteiger partial charge in [0, 0.05) is 13.1 Å². The first-order valence-corrected chi connectivity index (χ1v) is 9.16. The second kappa shape index (κ2) is 9.27. The minimum atomic E-state index is -0.150. The molecule has 0 aliphatic carbocycles. The monoisotopic (exact) mass is 354 g/mol. The maximum Gasteiger partial charge on any atom is 0.315 e. The van der Waals surface area contributed by atoms with Crippen LogP contribution in [0.15, 0.2) is 48.5 Å². The molecule has 0 radical (unpaired) electrons. The number of aryl methyl sites for hydroxylation is 1. The number of carbonyl (C=O) groups is 1. The fourth-order valence-corrected chi connectivity index (χ4v) is 2.56. The molecular formula is C22H30N2O2. The summed E-state index contributed by atoms with van der Waals surface area (Å²) >= 11 is 0. The van der Waals surface area contributed by atoms with Gasteiger partial charge in [-0.1, -0.05) is 57.2 Å². The fraction of sp³-hybridized carbons (Fsp3) is 0.409. The Labute approximate surface area is 157 Å². The lowest BCUT2D eigenvalue weighted by Crippen LogP contribution is -2.36. The molecule has 0 aliphatic heterocycles. The number of amides is 2. The Kier molecular flexibility index (Phi) is 7.07. The van der Waals surface area contributed by atoms with Gasteiger partial charge in [-0.05, 0) is 47.6 Å². The molecule has 0 heterocycles.